The molecule has 1 amide bonds. The van der Waals surface area contributed by atoms with Crippen LogP contribution in [0.1, 0.15) is 11.1 Å². The van der Waals surface area contributed by atoms with Gasteiger partial charge >= 0.3 is 5.97 Å². The van der Waals surface area contributed by atoms with Crippen molar-refractivity contribution in [1.29, 1.82) is 0 Å². The van der Waals surface area contributed by atoms with Crippen molar-refractivity contribution in [2.45, 2.75) is 31.4 Å². The molecule has 0 radical (unpaired) electrons. The topological polar surface area (TPSA) is 74.3 Å². The van der Waals surface area contributed by atoms with Gasteiger partial charge in [0.15, 0.2) is 6.10 Å². The van der Waals surface area contributed by atoms with Crippen molar-refractivity contribution in [3.8, 4) is 0 Å². The quantitative estimate of drug-likeness (QED) is 0.415. The number of likely N-dealkylation sites (tertiary alicyclic amines) is 1. The lowest BCUT2D eigenvalue weighted by Crippen LogP contribution is -2.70. The molecule has 3 rings (SSSR count). The molecule has 0 unspecified atom stereocenters. The Morgan fingerprint density at radius 2 is 1.63 bits per heavy atom. The van der Waals surface area contributed by atoms with Gasteiger partial charge in [-0.1, -0.05) is 60.7 Å². The number of amides is 1. The Morgan fingerprint density at radius 3 is 2.23 bits per heavy atom. The number of carbonyl (C=O) groups excluding carboxylic acids is 2. The van der Waals surface area contributed by atoms with Crippen molar-refractivity contribution >= 4 is 11.9 Å². The molecule has 0 spiro atoms. The summed E-state index contributed by atoms with van der Waals surface area (Å²) >= 11 is 0. The molecule has 1 aliphatic rings. The molecule has 3 atom stereocenters. The van der Waals surface area contributed by atoms with Crippen LogP contribution >= 0.6 is 0 Å². The van der Waals surface area contributed by atoms with E-state index in [1.165, 1.54) is 14.2 Å². The van der Waals surface area contributed by atoms with Crippen LogP contribution in [0.5, 0.6) is 0 Å². The summed E-state index contributed by atoms with van der Waals surface area (Å²) in [5.41, 5.74) is 1.99. The van der Waals surface area contributed by atoms with E-state index in [1.54, 1.807) is 4.90 Å². The molecule has 160 valence electrons. The van der Waals surface area contributed by atoms with Crippen molar-refractivity contribution in [1.82, 2.24) is 4.90 Å². The Hall–Kier alpha value is -2.74. The van der Waals surface area contributed by atoms with Crippen LogP contribution in [-0.4, -0.2) is 62.5 Å². The second kappa shape index (κ2) is 10.9. The van der Waals surface area contributed by atoms with Crippen LogP contribution in [0.25, 0.3) is 0 Å². The highest BCUT2D eigenvalue weighted by atomic mass is 16.6. The molecule has 0 saturated carbocycles. The first-order valence-electron chi connectivity index (χ1n) is 9.81. The highest BCUT2D eigenvalue weighted by Crippen LogP contribution is 2.30. The average Bonchev–Trinajstić information content (AvgIpc) is 2.78. The molecule has 7 heteroatoms. The maximum absolute atomic E-state index is 12.6. The highest BCUT2D eigenvalue weighted by Gasteiger charge is 2.52. The summed E-state index contributed by atoms with van der Waals surface area (Å²) in [6, 6.07) is 19.0. The minimum Gasteiger partial charge on any atom is -0.461 e. The lowest BCUT2D eigenvalue weighted by atomic mass is 9.91. The van der Waals surface area contributed by atoms with E-state index in [0.717, 1.165) is 11.1 Å². The maximum atomic E-state index is 12.6. The van der Waals surface area contributed by atoms with Gasteiger partial charge in [-0.2, -0.15) is 0 Å². The number of nitrogens with zero attached hydrogens (tertiary/aromatic N) is 1. The second-order valence-electron chi connectivity index (χ2n) is 7.05. The lowest BCUT2D eigenvalue weighted by Gasteiger charge is -2.49. The third kappa shape index (κ3) is 5.44. The molecule has 0 aromatic heterocycles. The third-order valence-electron chi connectivity index (χ3n) is 5.00. The van der Waals surface area contributed by atoms with E-state index in [4.69, 9.17) is 18.9 Å². The SMILES string of the molecule is COCC(=O)OC[C@H](OCc1ccccc1)[C@@H]1[C@H](OC)C(=O)N1Cc1ccccc1. The number of methoxy groups -OCH3 is 2. The molecule has 0 bridgehead atoms. The zero-order valence-electron chi connectivity index (χ0n) is 17.2. The molecule has 30 heavy (non-hydrogen) atoms. The number of carbonyl (C=O) groups is 2. The van der Waals surface area contributed by atoms with Crippen molar-refractivity contribution in [3.05, 3.63) is 71.8 Å². The number of hydrogen-bond acceptors (Lipinski definition) is 6. The summed E-state index contributed by atoms with van der Waals surface area (Å²) in [7, 11) is 2.93. The second-order valence-corrected chi connectivity index (χ2v) is 7.05. The highest BCUT2D eigenvalue weighted by molar-refractivity contribution is 5.88. The van der Waals surface area contributed by atoms with Crippen LogP contribution in [0.15, 0.2) is 60.7 Å². The first kappa shape index (κ1) is 22.0. The van der Waals surface area contributed by atoms with E-state index >= 15 is 0 Å². The van der Waals surface area contributed by atoms with Crippen molar-refractivity contribution in [2.75, 3.05) is 27.4 Å². The van der Waals surface area contributed by atoms with Gasteiger partial charge < -0.3 is 23.8 Å². The molecular formula is C23H27NO6. The molecule has 2 aromatic carbocycles. The molecule has 0 aliphatic carbocycles. The zero-order chi connectivity index (χ0) is 21.3. The number of β-lactam (4-membered cyclic amide) rings is 1. The number of ether oxygens (including phenoxy) is 4. The Bertz CT molecular complexity index is 813. The summed E-state index contributed by atoms with van der Waals surface area (Å²) in [6.07, 6.45) is -1.19. The minimum atomic E-state index is -0.643. The molecule has 1 heterocycles. The van der Waals surface area contributed by atoms with Gasteiger partial charge in [0.05, 0.1) is 12.6 Å². The molecule has 2 aromatic rings. The Kier molecular flexibility index (Phi) is 7.96. The third-order valence-corrected chi connectivity index (χ3v) is 5.00. The Balaban J connectivity index is 1.74. The smallest absolute Gasteiger partial charge is 0.332 e. The largest absolute Gasteiger partial charge is 0.461 e. The van der Waals surface area contributed by atoms with E-state index in [2.05, 4.69) is 0 Å². The van der Waals surface area contributed by atoms with Gasteiger partial charge in [0.25, 0.3) is 5.91 Å². The number of rotatable bonds is 11. The van der Waals surface area contributed by atoms with Crippen LogP contribution in [0.2, 0.25) is 0 Å². The van der Waals surface area contributed by atoms with Crippen molar-refractivity contribution in [3.63, 3.8) is 0 Å². The molecular weight excluding hydrogens is 386 g/mol. The summed E-state index contributed by atoms with van der Waals surface area (Å²) in [6.45, 7) is 0.615. The van der Waals surface area contributed by atoms with Gasteiger partial charge in [0, 0.05) is 20.8 Å². The van der Waals surface area contributed by atoms with Gasteiger partial charge in [-0.15, -0.1) is 0 Å². The Labute approximate surface area is 176 Å². The minimum absolute atomic E-state index is 0.00186. The average molecular weight is 413 g/mol. The Morgan fingerprint density at radius 1 is 1.00 bits per heavy atom. The first-order chi connectivity index (χ1) is 14.6. The first-order valence-corrected chi connectivity index (χ1v) is 9.81. The van der Waals surface area contributed by atoms with Gasteiger partial charge in [-0.25, -0.2) is 4.79 Å². The van der Waals surface area contributed by atoms with E-state index in [0.29, 0.717) is 13.2 Å². The standard InChI is InChI=1S/C23H27NO6/c1-27-16-20(25)30-15-19(29-14-18-11-7-4-8-12-18)21-22(28-2)23(26)24(21)13-17-9-5-3-6-10-17/h3-12,19,21-22H,13-16H2,1-2H3/t19-,21+,22-/m0/s1. The van der Waals surface area contributed by atoms with Gasteiger partial charge in [-0.3, -0.25) is 4.79 Å². The predicted molar refractivity (Wildman–Crippen MR) is 109 cm³/mol. The molecule has 1 saturated heterocycles. The van der Waals surface area contributed by atoms with Crippen molar-refractivity contribution in [2.24, 2.45) is 0 Å². The van der Waals surface area contributed by atoms with Gasteiger partial charge in [0.1, 0.15) is 19.3 Å². The molecule has 0 N–H and O–H groups in total. The van der Waals surface area contributed by atoms with Gasteiger partial charge in [0.2, 0.25) is 0 Å². The zero-order valence-corrected chi connectivity index (χ0v) is 17.2. The fraction of sp³-hybridized carbons (Fsp3) is 0.391. The van der Waals surface area contributed by atoms with Crippen LogP contribution in [0.3, 0.4) is 0 Å². The monoisotopic (exact) mass is 413 g/mol. The summed E-state index contributed by atoms with van der Waals surface area (Å²) in [5, 5.41) is 0. The van der Waals surface area contributed by atoms with Crippen LogP contribution in [-0.2, 0) is 41.7 Å². The fourth-order valence-electron chi connectivity index (χ4n) is 3.49. The number of benzene rings is 2. The predicted octanol–water partition coefficient (Wildman–Crippen LogP) is 2.19. The molecule has 1 aliphatic heterocycles. The summed E-state index contributed by atoms with van der Waals surface area (Å²) < 4.78 is 21.7. The fourth-order valence-corrected chi connectivity index (χ4v) is 3.49. The number of esters is 1. The van der Waals surface area contributed by atoms with Gasteiger partial charge in [-0.05, 0) is 11.1 Å². The van der Waals surface area contributed by atoms with E-state index < -0.39 is 18.2 Å². The lowest BCUT2D eigenvalue weighted by molar-refractivity contribution is -0.193. The van der Waals surface area contributed by atoms with Crippen molar-refractivity contribution < 1.29 is 28.5 Å². The van der Waals surface area contributed by atoms with E-state index in [9.17, 15) is 9.59 Å². The van der Waals surface area contributed by atoms with Crippen LogP contribution in [0.4, 0.5) is 0 Å². The normalized spacial score (nSPS) is 19.3. The molecule has 7 nitrogen and oxygen atoms in total. The van der Waals surface area contributed by atoms with E-state index in [1.807, 2.05) is 60.7 Å². The van der Waals surface area contributed by atoms with E-state index in [-0.39, 0.29) is 25.2 Å². The summed E-state index contributed by atoms with van der Waals surface area (Å²) in [4.78, 5) is 26.2. The summed E-state index contributed by atoms with van der Waals surface area (Å²) in [5.74, 6) is -0.595. The number of hydrogen-bond donors (Lipinski definition) is 0. The molecule has 1 fully saturated rings. The van der Waals surface area contributed by atoms with Crippen LogP contribution < -0.4 is 0 Å². The van der Waals surface area contributed by atoms with Crippen LogP contribution in [0, 0.1) is 0 Å². The maximum Gasteiger partial charge on any atom is 0.332 e.